The number of thioether (sulfide) groups is 1. The first kappa shape index (κ1) is 18.3. The summed E-state index contributed by atoms with van der Waals surface area (Å²) in [5.74, 6) is 0.221. The highest BCUT2D eigenvalue weighted by molar-refractivity contribution is 8.00. The summed E-state index contributed by atoms with van der Waals surface area (Å²) in [6, 6.07) is 10.3. The average molecular weight is 329 g/mol. The second kappa shape index (κ2) is 7.52. The summed E-state index contributed by atoms with van der Waals surface area (Å²) in [5, 5.41) is -0.0532. The fraction of sp³-hybridized carbons (Fsp3) is 0.562. The molecule has 0 bridgehead atoms. The normalized spacial score (nSPS) is 22.3. The molecule has 0 saturated carbocycles. The number of carbonyl (C=O) groups is 1. The van der Waals surface area contributed by atoms with Gasteiger partial charge in [-0.2, -0.15) is 0 Å². The van der Waals surface area contributed by atoms with Crippen molar-refractivity contribution in [2.24, 2.45) is 11.1 Å². The van der Waals surface area contributed by atoms with Crippen LogP contribution in [0, 0.1) is 5.41 Å². The topological polar surface area (TPSA) is 46.3 Å². The molecular formula is C16H25ClN2OS. The van der Waals surface area contributed by atoms with E-state index in [2.05, 4.69) is 13.8 Å². The highest BCUT2D eigenvalue weighted by atomic mass is 35.5. The molecule has 2 N–H and O–H groups in total. The van der Waals surface area contributed by atoms with Gasteiger partial charge in [0.05, 0.1) is 5.25 Å². The van der Waals surface area contributed by atoms with Crippen LogP contribution in [0.3, 0.4) is 0 Å². The molecule has 0 aliphatic carbocycles. The van der Waals surface area contributed by atoms with E-state index in [1.54, 1.807) is 11.8 Å². The number of hydrogen-bond acceptors (Lipinski definition) is 3. The molecule has 1 heterocycles. The Kier molecular flexibility index (Phi) is 6.57. The van der Waals surface area contributed by atoms with Gasteiger partial charge in [0.1, 0.15) is 0 Å². The minimum absolute atomic E-state index is 0. The number of amides is 1. The van der Waals surface area contributed by atoms with Crippen molar-refractivity contribution in [2.75, 3.05) is 13.1 Å². The fourth-order valence-electron chi connectivity index (χ4n) is 2.57. The molecule has 1 amide bonds. The van der Waals surface area contributed by atoms with Crippen molar-refractivity contribution in [3.05, 3.63) is 30.3 Å². The van der Waals surface area contributed by atoms with Crippen LogP contribution in [0.4, 0.5) is 0 Å². The third kappa shape index (κ3) is 4.63. The van der Waals surface area contributed by atoms with Crippen molar-refractivity contribution < 1.29 is 4.79 Å². The van der Waals surface area contributed by atoms with Crippen LogP contribution in [0.15, 0.2) is 35.2 Å². The van der Waals surface area contributed by atoms with E-state index in [0.717, 1.165) is 24.4 Å². The van der Waals surface area contributed by atoms with Crippen molar-refractivity contribution in [1.82, 2.24) is 4.90 Å². The van der Waals surface area contributed by atoms with Gasteiger partial charge in [-0.05, 0) is 30.9 Å². The van der Waals surface area contributed by atoms with Crippen LogP contribution in [-0.4, -0.2) is 35.2 Å². The Morgan fingerprint density at radius 2 is 2.00 bits per heavy atom. The third-order valence-corrected chi connectivity index (χ3v) is 5.13. The monoisotopic (exact) mass is 328 g/mol. The Morgan fingerprint density at radius 3 is 2.57 bits per heavy atom. The molecule has 1 aliphatic heterocycles. The molecule has 1 aromatic rings. The largest absolute Gasteiger partial charge is 0.341 e. The summed E-state index contributed by atoms with van der Waals surface area (Å²) in [4.78, 5) is 15.7. The Balaban J connectivity index is 0.00000220. The SMILES string of the molecule is CC(Sc1ccccc1)C(=O)N1CCC(N)C(C)(C)C1.Cl. The first-order chi connectivity index (χ1) is 9.40. The van der Waals surface area contributed by atoms with Crippen molar-refractivity contribution >= 4 is 30.1 Å². The van der Waals surface area contributed by atoms with Gasteiger partial charge in [0, 0.05) is 24.0 Å². The van der Waals surface area contributed by atoms with Gasteiger partial charge in [-0.3, -0.25) is 4.79 Å². The summed E-state index contributed by atoms with van der Waals surface area (Å²) < 4.78 is 0. The Morgan fingerprint density at radius 1 is 1.38 bits per heavy atom. The predicted octanol–water partition coefficient (Wildman–Crippen LogP) is 3.17. The summed E-state index contributed by atoms with van der Waals surface area (Å²) in [7, 11) is 0. The van der Waals surface area contributed by atoms with Crippen LogP contribution in [0.2, 0.25) is 0 Å². The van der Waals surface area contributed by atoms with Crippen LogP contribution >= 0.6 is 24.2 Å². The van der Waals surface area contributed by atoms with Gasteiger partial charge in [-0.15, -0.1) is 24.2 Å². The molecule has 118 valence electrons. The maximum Gasteiger partial charge on any atom is 0.235 e. The van der Waals surface area contributed by atoms with Gasteiger partial charge in [0.15, 0.2) is 0 Å². The Labute approximate surface area is 138 Å². The highest BCUT2D eigenvalue weighted by Gasteiger charge is 2.36. The molecule has 2 rings (SSSR count). The maximum absolute atomic E-state index is 12.6. The number of likely N-dealkylation sites (tertiary alicyclic amines) is 1. The molecule has 1 aliphatic rings. The molecule has 0 radical (unpaired) electrons. The smallest absolute Gasteiger partial charge is 0.235 e. The first-order valence-electron chi connectivity index (χ1n) is 7.16. The summed E-state index contributed by atoms with van der Waals surface area (Å²) >= 11 is 1.62. The standard InChI is InChI=1S/C16H24N2OS.ClH/c1-12(20-13-7-5-4-6-8-13)15(19)18-10-9-14(17)16(2,3)11-18;/h4-8,12,14H,9-11,17H2,1-3H3;1H. The number of carbonyl (C=O) groups excluding carboxylic acids is 1. The summed E-state index contributed by atoms with van der Waals surface area (Å²) in [5.41, 5.74) is 6.14. The van der Waals surface area contributed by atoms with Gasteiger partial charge >= 0.3 is 0 Å². The molecule has 1 saturated heterocycles. The van der Waals surface area contributed by atoms with Gasteiger partial charge in [-0.1, -0.05) is 32.0 Å². The number of hydrogen-bond donors (Lipinski definition) is 1. The zero-order valence-corrected chi connectivity index (χ0v) is 14.5. The molecule has 3 nitrogen and oxygen atoms in total. The molecule has 5 heteroatoms. The lowest BCUT2D eigenvalue weighted by molar-refractivity contribution is -0.133. The van der Waals surface area contributed by atoms with Crippen LogP contribution in [0.5, 0.6) is 0 Å². The number of halogens is 1. The lowest BCUT2D eigenvalue weighted by atomic mass is 9.79. The van der Waals surface area contributed by atoms with E-state index in [1.807, 2.05) is 42.2 Å². The van der Waals surface area contributed by atoms with Crippen molar-refractivity contribution in [3.63, 3.8) is 0 Å². The number of piperidine rings is 1. The fourth-order valence-corrected chi connectivity index (χ4v) is 3.55. The zero-order chi connectivity index (χ0) is 14.8. The van der Waals surface area contributed by atoms with Gasteiger partial charge in [0.2, 0.25) is 5.91 Å². The first-order valence-corrected chi connectivity index (χ1v) is 8.04. The van der Waals surface area contributed by atoms with Crippen LogP contribution in [0.1, 0.15) is 27.2 Å². The van der Waals surface area contributed by atoms with E-state index in [-0.39, 0.29) is 35.0 Å². The molecule has 0 spiro atoms. The second-order valence-electron chi connectivity index (χ2n) is 6.22. The highest BCUT2D eigenvalue weighted by Crippen LogP contribution is 2.30. The Bertz CT molecular complexity index is 467. The van der Waals surface area contributed by atoms with Crippen molar-refractivity contribution in [3.8, 4) is 0 Å². The van der Waals surface area contributed by atoms with Gasteiger partial charge in [0.25, 0.3) is 0 Å². The van der Waals surface area contributed by atoms with Crippen LogP contribution in [-0.2, 0) is 4.79 Å². The number of rotatable bonds is 3. The van der Waals surface area contributed by atoms with Crippen LogP contribution < -0.4 is 5.73 Å². The molecule has 2 atom stereocenters. The number of nitrogens with zero attached hydrogens (tertiary/aromatic N) is 1. The minimum Gasteiger partial charge on any atom is -0.341 e. The van der Waals surface area contributed by atoms with E-state index < -0.39 is 0 Å². The lowest BCUT2D eigenvalue weighted by Crippen LogP contribution is -2.55. The molecule has 1 fully saturated rings. The van der Waals surface area contributed by atoms with E-state index >= 15 is 0 Å². The molecule has 2 unspecified atom stereocenters. The number of benzene rings is 1. The van der Waals surface area contributed by atoms with E-state index in [0.29, 0.717) is 0 Å². The quantitative estimate of drug-likeness (QED) is 0.867. The lowest BCUT2D eigenvalue weighted by Gasteiger charge is -2.43. The van der Waals surface area contributed by atoms with Crippen LogP contribution in [0.25, 0.3) is 0 Å². The van der Waals surface area contributed by atoms with E-state index in [1.165, 1.54) is 0 Å². The molecule has 1 aromatic carbocycles. The van der Waals surface area contributed by atoms with Gasteiger partial charge < -0.3 is 10.6 Å². The maximum atomic E-state index is 12.6. The summed E-state index contributed by atoms with van der Waals surface area (Å²) in [6.07, 6.45) is 0.890. The Hall–Kier alpha value is -0.710. The summed E-state index contributed by atoms with van der Waals surface area (Å²) in [6.45, 7) is 7.82. The molecule has 0 aromatic heterocycles. The van der Waals surface area contributed by atoms with Gasteiger partial charge in [-0.25, -0.2) is 0 Å². The van der Waals surface area contributed by atoms with E-state index in [9.17, 15) is 4.79 Å². The number of nitrogens with two attached hydrogens (primary N) is 1. The molecular weight excluding hydrogens is 304 g/mol. The molecule has 21 heavy (non-hydrogen) atoms. The van der Waals surface area contributed by atoms with E-state index in [4.69, 9.17) is 5.73 Å². The minimum atomic E-state index is -0.0532. The van der Waals surface area contributed by atoms with Crippen molar-refractivity contribution in [1.29, 1.82) is 0 Å². The van der Waals surface area contributed by atoms with Crippen molar-refractivity contribution in [2.45, 2.75) is 43.4 Å². The second-order valence-corrected chi connectivity index (χ2v) is 7.63. The predicted molar refractivity (Wildman–Crippen MR) is 92.0 cm³/mol. The average Bonchev–Trinajstić information content (AvgIpc) is 2.42. The zero-order valence-electron chi connectivity index (χ0n) is 12.9. The third-order valence-electron chi connectivity index (χ3n) is 4.03.